The van der Waals surface area contributed by atoms with E-state index in [9.17, 15) is 18.7 Å². The number of carboxylic acids is 1. The first-order chi connectivity index (χ1) is 14.7. The van der Waals surface area contributed by atoms with Crippen LogP contribution >= 0.6 is 11.6 Å². The third-order valence-corrected chi connectivity index (χ3v) is 5.50. The molecule has 0 bridgehead atoms. The fourth-order valence-corrected chi connectivity index (χ4v) is 3.73. The summed E-state index contributed by atoms with van der Waals surface area (Å²) in [6.07, 6.45) is 1.31. The molecule has 31 heavy (non-hydrogen) atoms. The third-order valence-electron chi connectivity index (χ3n) is 5.18. The number of hydrogen-bond acceptors (Lipinski definition) is 4. The number of aromatic nitrogens is 2. The fraction of sp³-hybridized carbons (Fsp3) is 0.364. The van der Waals surface area contributed by atoms with Crippen molar-refractivity contribution in [3.05, 3.63) is 75.1 Å². The number of aliphatic hydroxyl groups is 1. The Labute approximate surface area is 183 Å². The molecular weight excluding hydrogens is 428 g/mol. The van der Waals surface area contributed by atoms with Gasteiger partial charge >= 0.3 is 5.97 Å². The molecule has 0 radical (unpaired) electrons. The van der Waals surface area contributed by atoms with E-state index in [1.807, 2.05) is 12.2 Å². The van der Waals surface area contributed by atoms with Crippen LogP contribution in [-0.4, -0.2) is 32.4 Å². The molecule has 0 saturated carbocycles. The largest absolute Gasteiger partial charge is 0.478 e. The van der Waals surface area contributed by atoms with Crippen LogP contribution in [0.15, 0.2) is 47.0 Å². The highest BCUT2D eigenvalue weighted by molar-refractivity contribution is 6.29. The van der Waals surface area contributed by atoms with E-state index in [1.54, 1.807) is 19.2 Å². The SMILES string of the molecule is Cn1nc(CC2=CC=C(Cl)CC2)c(C(O)NCc2ccc(C(=O)O)cc2)c1CC(F)F. The van der Waals surface area contributed by atoms with Crippen LogP contribution < -0.4 is 5.32 Å². The molecule has 3 N–H and O–H groups in total. The minimum absolute atomic E-state index is 0.160. The highest BCUT2D eigenvalue weighted by atomic mass is 35.5. The number of aryl methyl sites for hydroxylation is 1. The van der Waals surface area contributed by atoms with Gasteiger partial charge in [-0.15, -0.1) is 0 Å². The van der Waals surface area contributed by atoms with Crippen molar-refractivity contribution in [1.82, 2.24) is 15.1 Å². The maximum atomic E-state index is 13.2. The minimum atomic E-state index is -2.58. The van der Waals surface area contributed by atoms with E-state index in [4.69, 9.17) is 16.7 Å². The Balaban J connectivity index is 1.81. The number of hydrogen-bond donors (Lipinski definition) is 3. The molecule has 1 aliphatic carbocycles. The molecule has 0 amide bonds. The minimum Gasteiger partial charge on any atom is -0.478 e. The van der Waals surface area contributed by atoms with Crippen LogP contribution in [0.2, 0.25) is 0 Å². The van der Waals surface area contributed by atoms with Gasteiger partial charge in [0.25, 0.3) is 0 Å². The van der Waals surface area contributed by atoms with Gasteiger partial charge in [-0.2, -0.15) is 5.10 Å². The normalized spacial score (nSPS) is 15.0. The molecule has 3 rings (SSSR count). The van der Waals surface area contributed by atoms with Gasteiger partial charge < -0.3 is 10.2 Å². The average molecular weight is 452 g/mol. The van der Waals surface area contributed by atoms with Crippen molar-refractivity contribution in [1.29, 1.82) is 0 Å². The Morgan fingerprint density at radius 3 is 2.55 bits per heavy atom. The van der Waals surface area contributed by atoms with Gasteiger partial charge in [0.1, 0.15) is 6.23 Å². The smallest absolute Gasteiger partial charge is 0.335 e. The molecule has 1 aromatic heterocycles. The van der Waals surface area contributed by atoms with Gasteiger partial charge in [0.15, 0.2) is 0 Å². The molecule has 9 heteroatoms. The molecule has 1 heterocycles. The second-order valence-electron chi connectivity index (χ2n) is 7.43. The molecule has 2 aromatic rings. The number of halogens is 3. The van der Waals surface area contributed by atoms with Crippen LogP contribution in [0, 0.1) is 0 Å². The summed E-state index contributed by atoms with van der Waals surface area (Å²) in [6.45, 7) is 0.227. The summed E-state index contributed by atoms with van der Waals surface area (Å²) < 4.78 is 27.8. The van der Waals surface area contributed by atoms with Crippen molar-refractivity contribution >= 4 is 17.6 Å². The molecule has 0 saturated heterocycles. The molecule has 166 valence electrons. The van der Waals surface area contributed by atoms with Crippen LogP contribution in [0.1, 0.15) is 51.9 Å². The van der Waals surface area contributed by atoms with E-state index < -0.39 is 25.0 Å². The van der Waals surface area contributed by atoms with Gasteiger partial charge in [-0.1, -0.05) is 35.4 Å². The zero-order valence-corrected chi connectivity index (χ0v) is 17.7. The summed E-state index contributed by atoms with van der Waals surface area (Å²) in [4.78, 5) is 11.0. The van der Waals surface area contributed by atoms with Crippen molar-refractivity contribution in [3.8, 4) is 0 Å². The number of carboxylic acid groups (broad SMARTS) is 1. The average Bonchev–Trinajstić information content (AvgIpc) is 3.02. The van der Waals surface area contributed by atoms with Gasteiger partial charge in [-0.05, 0) is 36.6 Å². The lowest BCUT2D eigenvalue weighted by atomic mass is 9.97. The number of aliphatic hydroxyl groups excluding tert-OH is 1. The summed E-state index contributed by atoms with van der Waals surface area (Å²) in [5.74, 6) is -1.02. The van der Waals surface area contributed by atoms with Crippen molar-refractivity contribution in [2.75, 3.05) is 0 Å². The van der Waals surface area contributed by atoms with E-state index in [0.29, 0.717) is 24.1 Å². The van der Waals surface area contributed by atoms with E-state index in [1.165, 1.54) is 16.8 Å². The number of alkyl halides is 2. The van der Waals surface area contributed by atoms with Crippen molar-refractivity contribution in [3.63, 3.8) is 0 Å². The molecule has 0 fully saturated rings. The Kier molecular flexibility index (Phi) is 7.59. The van der Waals surface area contributed by atoms with Crippen LogP contribution in [0.5, 0.6) is 0 Å². The number of rotatable bonds is 9. The first-order valence-corrected chi connectivity index (χ1v) is 10.2. The summed E-state index contributed by atoms with van der Waals surface area (Å²) in [6, 6.07) is 6.21. The molecule has 1 atom stereocenters. The van der Waals surface area contributed by atoms with Crippen LogP contribution in [0.3, 0.4) is 0 Å². The van der Waals surface area contributed by atoms with Crippen molar-refractivity contribution in [2.24, 2.45) is 7.05 Å². The summed E-state index contributed by atoms with van der Waals surface area (Å²) in [5, 5.41) is 27.9. The van der Waals surface area contributed by atoms with Crippen molar-refractivity contribution < 1.29 is 23.8 Å². The highest BCUT2D eigenvalue weighted by Crippen LogP contribution is 2.29. The van der Waals surface area contributed by atoms with E-state index in [2.05, 4.69) is 10.4 Å². The quantitative estimate of drug-likeness (QED) is 0.500. The second-order valence-corrected chi connectivity index (χ2v) is 7.91. The first-order valence-electron chi connectivity index (χ1n) is 9.85. The lowest BCUT2D eigenvalue weighted by Gasteiger charge is -2.17. The number of carbonyl (C=O) groups is 1. The molecule has 1 aromatic carbocycles. The monoisotopic (exact) mass is 451 g/mol. The third kappa shape index (κ3) is 6.00. The van der Waals surface area contributed by atoms with Crippen LogP contribution in [0.4, 0.5) is 8.78 Å². The van der Waals surface area contributed by atoms with Crippen LogP contribution in [0.25, 0.3) is 0 Å². The zero-order chi connectivity index (χ0) is 22.5. The Morgan fingerprint density at radius 1 is 1.26 bits per heavy atom. The maximum absolute atomic E-state index is 13.2. The summed E-state index contributed by atoms with van der Waals surface area (Å²) in [7, 11) is 1.59. The maximum Gasteiger partial charge on any atom is 0.335 e. The lowest BCUT2D eigenvalue weighted by molar-refractivity contribution is 0.0696. The predicted molar refractivity (Wildman–Crippen MR) is 113 cm³/mol. The number of benzene rings is 1. The topological polar surface area (TPSA) is 87.4 Å². The predicted octanol–water partition coefficient (Wildman–Crippen LogP) is 4.09. The Hall–Kier alpha value is -2.55. The molecular formula is C22H24ClF2N3O3. The molecule has 0 spiro atoms. The lowest BCUT2D eigenvalue weighted by Crippen LogP contribution is -2.23. The molecule has 6 nitrogen and oxygen atoms in total. The molecule has 1 unspecified atom stereocenters. The standard InChI is InChI=1S/C22H24ClF2N3O3/c1-28-18(11-19(24)25)20(17(27-28)10-13-4-8-16(23)9-5-13)21(29)26-12-14-2-6-15(7-3-14)22(30)31/h2-4,6-8,19,21,26,29H,5,9-12H2,1H3,(H,30,31). The van der Waals surface area contributed by atoms with E-state index in [-0.39, 0.29) is 17.8 Å². The van der Waals surface area contributed by atoms with Gasteiger partial charge in [-0.25, -0.2) is 13.6 Å². The fourth-order valence-electron chi connectivity index (χ4n) is 3.57. The second kappa shape index (κ2) is 10.2. The molecule has 1 aliphatic rings. The zero-order valence-electron chi connectivity index (χ0n) is 17.0. The highest BCUT2D eigenvalue weighted by Gasteiger charge is 2.25. The number of aromatic carboxylic acids is 1. The molecule has 0 aliphatic heterocycles. The van der Waals surface area contributed by atoms with Gasteiger partial charge in [0.05, 0.1) is 23.4 Å². The van der Waals surface area contributed by atoms with E-state index in [0.717, 1.165) is 22.6 Å². The number of nitrogens with one attached hydrogen (secondary N) is 1. The van der Waals surface area contributed by atoms with Gasteiger partial charge in [0.2, 0.25) is 6.43 Å². The number of allylic oxidation sites excluding steroid dienone is 4. The summed E-state index contributed by atoms with van der Waals surface area (Å²) in [5.41, 5.74) is 3.14. The van der Waals surface area contributed by atoms with Gasteiger partial charge in [0, 0.05) is 30.6 Å². The number of nitrogens with zero attached hydrogens (tertiary/aromatic N) is 2. The van der Waals surface area contributed by atoms with Crippen molar-refractivity contribution in [2.45, 2.75) is 44.9 Å². The van der Waals surface area contributed by atoms with Crippen LogP contribution in [-0.2, 0) is 26.4 Å². The van der Waals surface area contributed by atoms with Gasteiger partial charge in [-0.3, -0.25) is 10.00 Å². The Morgan fingerprint density at radius 2 is 1.97 bits per heavy atom. The first kappa shape index (κ1) is 23.1. The van der Waals surface area contributed by atoms with E-state index >= 15 is 0 Å². The Bertz CT molecular complexity index is 1000. The summed E-state index contributed by atoms with van der Waals surface area (Å²) >= 11 is 6.01.